The summed E-state index contributed by atoms with van der Waals surface area (Å²) in [6, 6.07) is 12.9. The van der Waals surface area contributed by atoms with Gasteiger partial charge in [0.05, 0.1) is 24.2 Å². The van der Waals surface area contributed by atoms with Crippen molar-refractivity contribution in [3.63, 3.8) is 0 Å². The predicted octanol–water partition coefficient (Wildman–Crippen LogP) is 2.86. The molecular formula is C25H30ClN5O6. The van der Waals surface area contributed by atoms with Crippen molar-refractivity contribution in [2.45, 2.75) is 33.0 Å². The zero-order chi connectivity index (χ0) is 26.2. The summed E-state index contributed by atoms with van der Waals surface area (Å²) >= 11 is 0. The van der Waals surface area contributed by atoms with Crippen LogP contribution in [0.15, 0.2) is 48.5 Å². The zero-order valence-corrected chi connectivity index (χ0v) is 21.5. The monoisotopic (exact) mass is 531 g/mol. The third kappa shape index (κ3) is 7.76. The molecule has 0 radical (unpaired) electrons. The minimum atomic E-state index is -0.773. The molecule has 12 heteroatoms. The van der Waals surface area contributed by atoms with Gasteiger partial charge in [-0.05, 0) is 30.5 Å². The molecule has 2 amide bonds. The van der Waals surface area contributed by atoms with Crippen molar-refractivity contribution in [2.75, 3.05) is 19.0 Å². The maximum Gasteiger partial charge on any atom is 0.413 e. The third-order valence-electron chi connectivity index (χ3n) is 5.27. The van der Waals surface area contributed by atoms with Crippen LogP contribution in [-0.4, -0.2) is 53.0 Å². The normalized spacial score (nSPS) is 11.4. The summed E-state index contributed by atoms with van der Waals surface area (Å²) in [5.74, 6) is -1.06. The van der Waals surface area contributed by atoms with Crippen LogP contribution in [0.1, 0.15) is 36.2 Å². The van der Waals surface area contributed by atoms with Gasteiger partial charge >= 0.3 is 12.1 Å². The topological polar surface area (TPSA) is 155 Å². The number of aromatic nitrogens is 2. The molecule has 3 rings (SSSR count). The van der Waals surface area contributed by atoms with Crippen molar-refractivity contribution in [1.82, 2.24) is 14.9 Å². The Balaban J connectivity index is 0.00000481. The lowest BCUT2D eigenvalue weighted by Crippen LogP contribution is -2.43. The smallest absolute Gasteiger partial charge is 0.413 e. The van der Waals surface area contributed by atoms with Gasteiger partial charge in [0.15, 0.2) is 12.5 Å². The number of amides is 2. The Morgan fingerprint density at radius 3 is 2.41 bits per heavy atom. The lowest BCUT2D eigenvalue weighted by molar-refractivity contribution is -0.147. The number of nitrogens with zero attached hydrogens (tertiary/aromatic N) is 2. The van der Waals surface area contributed by atoms with Gasteiger partial charge in [0, 0.05) is 11.1 Å². The minimum absolute atomic E-state index is 0. The molecule has 0 saturated carbocycles. The van der Waals surface area contributed by atoms with Crippen molar-refractivity contribution < 1.29 is 28.7 Å². The Kier molecular flexibility index (Phi) is 10.6. The van der Waals surface area contributed by atoms with Crippen molar-refractivity contribution in [3.05, 3.63) is 59.7 Å². The van der Waals surface area contributed by atoms with Crippen LogP contribution >= 0.6 is 12.4 Å². The Morgan fingerprint density at radius 2 is 1.76 bits per heavy atom. The van der Waals surface area contributed by atoms with Crippen molar-refractivity contribution in [2.24, 2.45) is 11.7 Å². The van der Waals surface area contributed by atoms with Crippen molar-refractivity contribution in [1.29, 1.82) is 0 Å². The Hall–Kier alpha value is -3.96. The van der Waals surface area contributed by atoms with Gasteiger partial charge in [0.2, 0.25) is 11.9 Å². The fourth-order valence-corrected chi connectivity index (χ4v) is 3.49. The fourth-order valence-electron chi connectivity index (χ4n) is 3.49. The van der Waals surface area contributed by atoms with E-state index in [1.165, 1.54) is 11.7 Å². The number of benzene rings is 2. The summed E-state index contributed by atoms with van der Waals surface area (Å²) in [4.78, 5) is 53.3. The molecule has 0 fully saturated rings. The maximum absolute atomic E-state index is 12.8. The van der Waals surface area contributed by atoms with Crippen LogP contribution in [0.2, 0.25) is 0 Å². The van der Waals surface area contributed by atoms with E-state index in [2.05, 4.69) is 20.4 Å². The number of halogens is 1. The number of nitrogens with one attached hydrogen (secondary N) is 2. The molecule has 0 spiro atoms. The first kappa shape index (κ1) is 29.3. The van der Waals surface area contributed by atoms with Crippen molar-refractivity contribution in [3.8, 4) is 0 Å². The van der Waals surface area contributed by atoms with Crippen molar-refractivity contribution >= 4 is 53.1 Å². The largest absolute Gasteiger partial charge is 0.453 e. The van der Waals surface area contributed by atoms with E-state index >= 15 is 0 Å². The molecule has 11 nitrogen and oxygen atoms in total. The molecule has 2 aromatic carbocycles. The van der Waals surface area contributed by atoms with Crippen LogP contribution in [0.25, 0.3) is 11.0 Å². The highest BCUT2D eigenvalue weighted by molar-refractivity contribution is 6.10. The highest BCUT2D eigenvalue weighted by Crippen LogP contribution is 2.23. The van der Waals surface area contributed by atoms with Gasteiger partial charge in [-0.25, -0.2) is 9.78 Å². The highest BCUT2D eigenvalue weighted by atomic mass is 35.5. The van der Waals surface area contributed by atoms with Gasteiger partial charge in [-0.15, -0.1) is 12.4 Å². The third-order valence-corrected chi connectivity index (χ3v) is 5.27. The van der Waals surface area contributed by atoms with Crippen LogP contribution < -0.4 is 16.4 Å². The van der Waals surface area contributed by atoms with Gasteiger partial charge in [0.25, 0.3) is 0 Å². The standard InChI is InChI=1S/C25H29N5O6.ClH/c1-15(2)11-18(26)23(33)27-13-21(31)36-14-30-20-10-9-17(22(32)16-7-5-4-6-8-16)12-19(20)28-24(30)29-25(34)35-3;/h4-10,12,15,18H,11,13-14,26H2,1-3H3,(H,27,33)(H,28,29,34);1H. The average Bonchev–Trinajstić information content (AvgIpc) is 3.21. The zero-order valence-electron chi connectivity index (χ0n) is 20.7. The lowest BCUT2D eigenvalue weighted by Gasteiger charge is -2.14. The number of methoxy groups -OCH3 is 1. The molecule has 3 aromatic rings. The molecule has 37 heavy (non-hydrogen) atoms. The van der Waals surface area contributed by atoms with E-state index in [4.69, 9.17) is 10.5 Å². The molecule has 4 N–H and O–H groups in total. The summed E-state index contributed by atoms with van der Waals surface area (Å²) in [6.45, 7) is 3.20. The molecule has 0 aliphatic heterocycles. The summed E-state index contributed by atoms with van der Waals surface area (Å²) in [6.07, 6.45) is -0.288. The van der Waals surface area contributed by atoms with E-state index in [0.717, 1.165) is 0 Å². The quantitative estimate of drug-likeness (QED) is 0.266. The van der Waals surface area contributed by atoms with Gasteiger partial charge < -0.3 is 20.5 Å². The first-order valence-electron chi connectivity index (χ1n) is 11.3. The number of imidazole rings is 1. The lowest BCUT2D eigenvalue weighted by atomic mass is 10.0. The number of ketones is 1. The van der Waals surface area contributed by atoms with Crippen LogP contribution in [-0.2, 0) is 25.8 Å². The van der Waals surface area contributed by atoms with E-state index < -0.39 is 24.0 Å². The summed E-state index contributed by atoms with van der Waals surface area (Å²) in [5, 5.41) is 4.92. The predicted molar refractivity (Wildman–Crippen MR) is 139 cm³/mol. The second kappa shape index (κ2) is 13.4. The van der Waals surface area contributed by atoms with Crippen LogP contribution in [0.3, 0.4) is 0 Å². The van der Waals surface area contributed by atoms with E-state index in [-0.39, 0.29) is 43.3 Å². The number of rotatable bonds is 10. The average molecular weight is 532 g/mol. The molecule has 0 saturated heterocycles. The minimum Gasteiger partial charge on any atom is -0.453 e. The van der Waals surface area contributed by atoms with Gasteiger partial charge in [-0.1, -0.05) is 44.2 Å². The molecule has 198 valence electrons. The summed E-state index contributed by atoms with van der Waals surface area (Å²) < 4.78 is 11.4. The Labute approximate surface area is 220 Å². The molecule has 1 atom stereocenters. The molecular weight excluding hydrogens is 502 g/mol. The van der Waals surface area contributed by atoms with E-state index in [1.807, 2.05) is 19.9 Å². The van der Waals surface area contributed by atoms with E-state index in [1.54, 1.807) is 42.5 Å². The molecule has 1 aromatic heterocycles. The number of ether oxygens (including phenoxy) is 2. The van der Waals surface area contributed by atoms with Crippen LogP contribution in [0, 0.1) is 5.92 Å². The second-order valence-corrected chi connectivity index (χ2v) is 8.48. The molecule has 1 heterocycles. The number of fused-ring (bicyclic) bond motifs is 1. The fraction of sp³-hybridized carbons (Fsp3) is 0.320. The van der Waals surface area contributed by atoms with E-state index in [9.17, 15) is 19.2 Å². The van der Waals surface area contributed by atoms with Gasteiger partial charge in [-0.2, -0.15) is 0 Å². The first-order chi connectivity index (χ1) is 17.2. The number of hydrogen-bond acceptors (Lipinski definition) is 8. The number of carbonyl (C=O) groups is 4. The summed E-state index contributed by atoms with van der Waals surface area (Å²) in [5.41, 5.74) is 7.64. The number of hydrogen-bond donors (Lipinski definition) is 3. The summed E-state index contributed by atoms with van der Waals surface area (Å²) in [7, 11) is 1.20. The van der Waals surface area contributed by atoms with E-state index in [0.29, 0.717) is 28.6 Å². The number of anilines is 1. The molecule has 0 aliphatic carbocycles. The van der Waals surface area contributed by atoms with Gasteiger partial charge in [0.1, 0.15) is 6.54 Å². The van der Waals surface area contributed by atoms with Crippen LogP contribution in [0.4, 0.5) is 10.7 Å². The number of esters is 1. The SMILES string of the molecule is COC(=O)Nc1nc2cc(C(=O)c3ccccc3)ccc2n1COC(=O)CNC(=O)C(N)CC(C)C.Cl. The maximum atomic E-state index is 12.8. The second-order valence-electron chi connectivity index (χ2n) is 8.48. The van der Waals surface area contributed by atoms with Crippen LogP contribution in [0.5, 0.6) is 0 Å². The highest BCUT2D eigenvalue weighted by Gasteiger charge is 2.19. The van der Waals surface area contributed by atoms with Gasteiger partial charge in [-0.3, -0.25) is 24.3 Å². The number of nitrogens with two attached hydrogens (primary N) is 1. The Morgan fingerprint density at radius 1 is 1.05 bits per heavy atom. The molecule has 1 unspecified atom stereocenters. The Bertz CT molecular complexity index is 1260. The molecule has 0 aliphatic rings. The number of carbonyl (C=O) groups excluding carboxylic acids is 4. The molecule has 0 bridgehead atoms. The first-order valence-corrected chi connectivity index (χ1v) is 11.3.